The average molecular weight is 606 g/mol. The first kappa shape index (κ1) is 28.8. The lowest BCUT2D eigenvalue weighted by atomic mass is 9.88. The van der Waals surface area contributed by atoms with E-state index in [4.69, 9.17) is 8.83 Å². The molecule has 0 saturated carbocycles. The number of rotatable bonds is 6. The Hall–Kier alpha value is -4.35. The monoisotopic (exact) mass is 605 g/mol. The summed E-state index contributed by atoms with van der Waals surface area (Å²) in [6.07, 6.45) is 1.47. The third-order valence-electron chi connectivity index (χ3n) is 8.10. The van der Waals surface area contributed by atoms with Gasteiger partial charge in [-0.05, 0) is 73.9 Å². The van der Waals surface area contributed by atoms with Gasteiger partial charge in [-0.25, -0.2) is 8.78 Å². The Bertz CT molecular complexity index is 1870. The van der Waals surface area contributed by atoms with Crippen molar-refractivity contribution in [3.63, 3.8) is 0 Å². The molecule has 0 unspecified atom stereocenters. The van der Waals surface area contributed by atoms with E-state index < -0.39 is 11.6 Å². The van der Waals surface area contributed by atoms with Gasteiger partial charge in [0.1, 0.15) is 40.8 Å². The molecule has 43 heavy (non-hydrogen) atoms. The van der Waals surface area contributed by atoms with Gasteiger partial charge < -0.3 is 23.6 Å². The Morgan fingerprint density at radius 1 is 1.02 bits per heavy atom. The normalized spacial score (nSPS) is 15.3. The van der Waals surface area contributed by atoms with Crippen LogP contribution in [0.2, 0.25) is 0 Å². The topological polar surface area (TPSA) is 99.2 Å². The molecule has 6 rings (SSSR count). The molecular formula is C32H29F2N3O5S. The quantitative estimate of drug-likeness (QED) is 0.154. The van der Waals surface area contributed by atoms with Crippen LogP contribution in [-0.4, -0.2) is 48.5 Å². The molecule has 11 heteroatoms. The molecule has 8 nitrogen and oxygen atoms in total. The molecule has 2 aromatic heterocycles. The van der Waals surface area contributed by atoms with Crippen LogP contribution in [-0.2, 0) is 0 Å². The molecule has 0 aliphatic carbocycles. The first-order chi connectivity index (χ1) is 20.7. The van der Waals surface area contributed by atoms with E-state index in [9.17, 15) is 22.9 Å². The summed E-state index contributed by atoms with van der Waals surface area (Å²) in [6.45, 7) is 2.63. The van der Waals surface area contributed by atoms with E-state index in [1.165, 1.54) is 37.4 Å². The highest BCUT2D eigenvalue weighted by molar-refractivity contribution is 7.95. The predicted octanol–water partition coefficient (Wildman–Crippen LogP) is 7.37. The lowest BCUT2D eigenvalue weighted by Gasteiger charge is -2.34. The zero-order chi connectivity index (χ0) is 30.4. The van der Waals surface area contributed by atoms with Crippen molar-refractivity contribution < 1.29 is 31.8 Å². The zero-order valence-corrected chi connectivity index (χ0v) is 24.6. The number of piperidine rings is 1. The van der Waals surface area contributed by atoms with Crippen molar-refractivity contribution in [1.29, 1.82) is 0 Å². The molecule has 1 atom stereocenters. The average Bonchev–Trinajstić information content (AvgIpc) is 3.56. The van der Waals surface area contributed by atoms with Crippen LogP contribution in [0.4, 0.5) is 14.5 Å². The number of nitrogens with one attached hydrogen (secondary N) is 1. The minimum absolute atomic E-state index is 0.143. The number of hydrogen-bond acceptors (Lipinski definition) is 7. The summed E-state index contributed by atoms with van der Waals surface area (Å²) < 4.78 is 51.2. The van der Waals surface area contributed by atoms with Crippen molar-refractivity contribution in [2.75, 3.05) is 31.5 Å². The molecule has 2 N–H and O–H groups in total. The van der Waals surface area contributed by atoms with Crippen LogP contribution in [0, 0.1) is 18.6 Å². The smallest absolute Gasteiger partial charge is 0.289 e. The number of fused-ring (bicyclic) bond motifs is 2. The molecule has 3 heterocycles. The first-order valence-electron chi connectivity index (χ1n) is 13.8. The molecule has 1 aliphatic rings. The van der Waals surface area contributed by atoms with E-state index in [0.29, 0.717) is 81.8 Å². The molecule has 0 bridgehead atoms. The molecule has 3 aromatic carbocycles. The van der Waals surface area contributed by atoms with Crippen molar-refractivity contribution in [2.45, 2.75) is 25.7 Å². The van der Waals surface area contributed by atoms with Gasteiger partial charge in [-0.2, -0.15) is 0 Å². The Balaban J connectivity index is 1.42. The summed E-state index contributed by atoms with van der Waals surface area (Å²) in [5, 5.41) is 3.80. The number of hydrogen-bond donors (Lipinski definition) is 2. The fourth-order valence-corrected chi connectivity index (χ4v) is 6.15. The number of likely N-dealkylation sites (tertiary alicyclic amines) is 1. The summed E-state index contributed by atoms with van der Waals surface area (Å²) in [4.78, 5) is 28.6. The third kappa shape index (κ3) is 5.12. The minimum atomic E-state index is -0.408. The van der Waals surface area contributed by atoms with Gasteiger partial charge in [0, 0.05) is 61.1 Å². The SMILES string of the molecule is CNC(=O)c1c(-c2ccc(F)cc2)oc2cc(N(C)SO)c([C@@H]3CCCN(C(=O)c4oc5ccc(F)cc5c4C)C3)cc12. The summed E-state index contributed by atoms with van der Waals surface area (Å²) in [5.74, 6) is -1.11. The molecule has 0 spiro atoms. The van der Waals surface area contributed by atoms with Crippen LogP contribution in [0.3, 0.4) is 0 Å². The Kier molecular flexibility index (Phi) is 7.61. The second-order valence-electron chi connectivity index (χ2n) is 10.7. The number of amides is 2. The first-order valence-corrected chi connectivity index (χ1v) is 14.5. The fraction of sp³-hybridized carbons (Fsp3) is 0.250. The van der Waals surface area contributed by atoms with E-state index in [1.807, 2.05) is 6.07 Å². The van der Waals surface area contributed by atoms with Gasteiger partial charge in [-0.3, -0.25) is 13.9 Å². The maximum atomic E-state index is 13.9. The Morgan fingerprint density at radius 3 is 2.49 bits per heavy atom. The van der Waals surface area contributed by atoms with E-state index in [2.05, 4.69) is 5.32 Å². The van der Waals surface area contributed by atoms with Gasteiger partial charge in [0.25, 0.3) is 11.8 Å². The van der Waals surface area contributed by atoms with E-state index >= 15 is 0 Å². The lowest BCUT2D eigenvalue weighted by Crippen LogP contribution is -2.39. The Morgan fingerprint density at radius 2 is 1.77 bits per heavy atom. The maximum absolute atomic E-state index is 13.9. The molecular weight excluding hydrogens is 576 g/mol. The van der Waals surface area contributed by atoms with Crippen molar-refractivity contribution in [1.82, 2.24) is 10.2 Å². The highest BCUT2D eigenvalue weighted by Crippen LogP contribution is 2.42. The highest BCUT2D eigenvalue weighted by Gasteiger charge is 2.32. The van der Waals surface area contributed by atoms with Gasteiger partial charge in [0.15, 0.2) is 5.76 Å². The number of halogens is 2. The molecule has 1 aliphatic heterocycles. The van der Waals surface area contributed by atoms with Gasteiger partial charge >= 0.3 is 0 Å². The number of anilines is 1. The number of furan rings is 2. The second kappa shape index (κ2) is 11.4. The summed E-state index contributed by atoms with van der Waals surface area (Å²) in [5.41, 5.74) is 3.80. The number of carbonyl (C=O) groups is 2. The molecule has 1 saturated heterocycles. The van der Waals surface area contributed by atoms with Crippen LogP contribution in [0.5, 0.6) is 0 Å². The highest BCUT2D eigenvalue weighted by atomic mass is 32.2. The van der Waals surface area contributed by atoms with Crippen molar-refractivity contribution >= 4 is 51.7 Å². The van der Waals surface area contributed by atoms with Gasteiger partial charge in [-0.15, -0.1) is 0 Å². The van der Waals surface area contributed by atoms with Crippen LogP contribution in [0.15, 0.2) is 63.4 Å². The Labute approximate surface area is 250 Å². The number of benzene rings is 3. The lowest BCUT2D eigenvalue weighted by molar-refractivity contribution is 0.0676. The van der Waals surface area contributed by atoms with E-state index in [-0.39, 0.29) is 23.5 Å². The van der Waals surface area contributed by atoms with Crippen LogP contribution in [0.25, 0.3) is 33.3 Å². The van der Waals surface area contributed by atoms with E-state index in [0.717, 1.165) is 12.0 Å². The molecule has 2 amide bonds. The third-order valence-corrected chi connectivity index (χ3v) is 8.54. The van der Waals surface area contributed by atoms with E-state index in [1.54, 1.807) is 41.4 Å². The summed E-state index contributed by atoms with van der Waals surface area (Å²) >= 11 is 0.538. The molecule has 1 fully saturated rings. The molecule has 222 valence electrons. The van der Waals surface area contributed by atoms with Crippen LogP contribution < -0.4 is 9.62 Å². The standard InChI is InChI=1S/C32H29F2N3O5S/c1-17-22-13-21(34)10-11-26(22)41-29(17)32(39)37-12-4-5-19(16-37)23-14-24-27(15-25(23)36(3)43-40)42-30(28(24)31(38)35-2)18-6-8-20(33)9-7-18/h6-11,13-15,19,40H,4-5,12,16H2,1-3H3,(H,35,38)/t19-/m1/s1. The maximum Gasteiger partial charge on any atom is 0.289 e. The summed E-state index contributed by atoms with van der Waals surface area (Å²) in [7, 11) is 3.24. The molecule has 0 radical (unpaired) electrons. The number of aryl methyl sites for hydroxylation is 1. The minimum Gasteiger partial charge on any atom is -0.455 e. The predicted molar refractivity (Wildman–Crippen MR) is 162 cm³/mol. The fourth-order valence-electron chi connectivity index (χ4n) is 5.90. The second-order valence-corrected chi connectivity index (χ2v) is 11.4. The van der Waals surface area contributed by atoms with Crippen LogP contribution in [0.1, 0.15) is 50.8 Å². The van der Waals surface area contributed by atoms with Gasteiger partial charge in [0.2, 0.25) is 0 Å². The van der Waals surface area contributed by atoms with Gasteiger partial charge in [-0.1, -0.05) is 0 Å². The van der Waals surface area contributed by atoms with Crippen molar-refractivity contribution in [3.8, 4) is 11.3 Å². The van der Waals surface area contributed by atoms with Gasteiger partial charge in [0.05, 0.1) is 11.3 Å². The van der Waals surface area contributed by atoms with Crippen molar-refractivity contribution in [3.05, 3.63) is 88.7 Å². The number of carbonyl (C=O) groups excluding carboxylic acids is 2. The summed E-state index contributed by atoms with van der Waals surface area (Å²) in [6, 6.07) is 13.5. The zero-order valence-electron chi connectivity index (χ0n) is 23.7. The van der Waals surface area contributed by atoms with Crippen molar-refractivity contribution in [2.24, 2.45) is 0 Å². The van der Waals surface area contributed by atoms with Crippen LogP contribution >= 0.6 is 12.2 Å². The molecule has 5 aromatic rings. The largest absolute Gasteiger partial charge is 0.455 e. The number of nitrogens with zero attached hydrogens (tertiary/aromatic N) is 2.